The van der Waals surface area contributed by atoms with Gasteiger partial charge in [-0.05, 0) is 26.0 Å². The van der Waals surface area contributed by atoms with E-state index in [2.05, 4.69) is 9.97 Å². The summed E-state index contributed by atoms with van der Waals surface area (Å²) in [5.74, 6) is -0.232. The number of nitrogens with zero attached hydrogens (tertiary/aromatic N) is 3. The number of para-hydroxylation sites is 2. The molecule has 0 saturated heterocycles. The molecule has 0 fully saturated rings. The smallest absolute Gasteiger partial charge is 0.323 e. The zero-order valence-corrected chi connectivity index (χ0v) is 10.4. The van der Waals surface area contributed by atoms with E-state index in [1.54, 1.807) is 4.90 Å². The zero-order valence-electron chi connectivity index (χ0n) is 10.4. The maximum Gasteiger partial charge on any atom is 0.323 e. The first-order valence-corrected chi connectivity index (χ1v) is 5.82. The maximum atomic E-state index is 10.8. The fourth-order valence-electron chi connectivity index (χ4n) is 1.88. The number of carboxylic acids is 1. The van der Waals surface area contributed by atoms with Crippen LogP contribution < -0.4 is 4.90 Å². The van der Waals surface area contributed by atoms with Crippen LogP contribution in [0.5, 0.6) is 0 Å². The quantitative estimate of drug-likeness (QED) is 0.890. The van der Waals surface area contributed by atoms with Gasteiger partial charge in [-0.25, -0.2) is 9.97 Å². The van der Waals surface area contributed by atoms with Gasteiger partial charge >= 0.3 is 5.97 Å². The third-order valence-electron chi connectivity index (χ3n) is 2.73. The lowest BCUT2D eigenvalue weighted by atomic mass is 10.3. The Hall–Kier alpha value is -2.17. The lowest BCUT2D eigenvalue weighted by molar-refractivity contribution is -0.135. The van der Waals surface area contributed by atoms with Crippen molar-refractivity contribution in [2.45, 2.75) is 13.8 Å². The molecule has 1 aromatic carbocycles. The first-order chi connectivity index (χ1) is 8.61. The second kappa shape index (κ2) is 5.00. The molecular formula is C13H15N3O2. The Morgan fingerprint density at radius 3 is 2.44 bits per heavy atom. The molecule has 0 saturated carbocycles. The van der Waals surface area contributed by atoms with Gasteiger partial charge in [0.25, 0.3) is 0 Å². The van der Waals surface area contributed by atoms with Crippen LogP contribution in [-0.4, -0.2) is 34.1 Å². The molecule has 5 heteroatoms. The van der Waals surface area contributed by atoms with E-state index >= 15 is 0 Å². The largest absolute Gasteiger partial charge is 0.480 e. The predicted octanol–water partition coefficient (Wildman–Crippen LogP) is 1.85. The van der Waals surface area contributed by atoms with E-state index in [0.29, 0.717) is 12.4 Å². The number of fused-ring (bicyclic) bond motifs is 1. The van der Waals surface area contributed by atoms with Gasteiger partial charge in [0, 0.05) is 6.54 Å². The number of aromatic nitrogens is 2. The van der Waals surface area contributed by atoms with Gasteiger partial charge < -0.3 is 10.0 Å². The van der Waals surface area contributed by atoms with E-state index in [-0.39, 0.29) is 6.54 Å². The van der Waals surface area contributed by atoms with Crippen molar-refractivity contribution in [2.75, 3.05) is 18.0 Å². The van der Waals surface area contributed by atoms with Crippen molar-refractivity contribution in [3.63, 3.8) is 0 Å². The lowest BCUT2D eigenvalue weighted by Gasteiger charge is -2.21. The van der Waals surface area contributed by atoms with Crippen LogP contribution in [0.1, 0.15) is 12.6 Å². The molecule has 2 rings (SSSR count). The molecular weight excluding hydrogens is 230 g/mol. The summed E-state index contributed by atoms with van der Waals surface area (Å²) in [5.41, 5.74) is 2.35. The predicted molar refractivity (Wildman–Crippen MR) is 69.8 cm³/mol. The van der Waals surface area contributed by atoms with Crippen LogP contribution in [0.15, 0.2) is 24.3 Å². The van der Waals surface area contributed by atoms with Crippen LogP contribution in [0, 0.1) is 6.92 Å². The number of aryl methyl sites for hydroxylation is 1. The molecule has 0 aliphatic heterocycles. The third kappa shape index (κ3) is 2.40. The molecule has 5 nitrogen and oxygen atoms in total. The van der Waals surface area contributed by atoms with Gasteiger partial charge in [0.15, 0.2) is 5.82 Å². The van der Waals surface area contributed by atoms with Gasteiger partial charge in [0.1, 0.15) is 6.54 Å². The third-order valence-corrected chi connectivity index (χ3v) is 2.73. The highest BCUT2D eigenvalue weighted by Gasteiger charge is 2.14. The Bertz CT molecular complexity index is 583. The molecule has 1 aromatic heterocycles. The Morgan fingerprint density at radius 1 is 1.28 bits per heavy atom. The van der Waals surface area contributed by atoms with Crippen LogP contribution in [0.25, 0.3) is 11.0 Å². The van der Waals surface area contributed by atoms with Gasteiger partial charge in [-0.2, -0.15) is 0 Å². The summed E-state index contributed by atoms with van der Waals surface area (Å²) >= 11 is 0. The molecule has 94 valence electrons. The van der Waals surface area contributed by atoms with E-state index in [1.165, 1.54) is 0 Å². The van der Waals surface area contributed by atoms with Gasteiger partial charge in [-0.15, -0.1) is 0 Å². The van der Waals surface area contributed by atoms with E-state index in [0.717, 1.165) is 16.7 Å². The van der Waals surface area contributed by atoms with E-state index in [4.69, 9.17) is 5.11 Å². The Balaban J connectivity index is 2.48. The van der Waals surface area contributed by atoms with Gasteiger partial charge in [-0.1, -0.05) is 12.1 Å². The number of hydrogen-bond donors (Lipinski definition) is 1. The number of hydrogen-bond acceptors (Lipinski definition) is 4. The van der Waals surface area contributed by atoms with Crippen LogP contribution >= 0.6 is 0 Å². The van der Waals surface area contributed by atoms with Crippen molar-refractivity contribution in [1.29, 1.82) is 0 Å². The molecule has 0 aliphatic rings. The normalized spacial score (nSPS) is 10.6. The minimum atomic E-state index is -0.869. The molecule has 0 radical (unpaired) electrons. The first kappa shape index (κ1) is 12.3. The molecule has 0 aliphatic carbocycles. The lowest BCUT2D eigenvalue weighted by Crippen LogP contribution is -2.31. The van der Waals surface area contributed by atoms with Crippen LogP contribution in [0.4, 0.5) is 5.82 Å². The van der Waals surface area contributed by atoms with Gasteiger partial charge in [0.2, 0.25) is 0 Å². The summed E-state index contributed by atoms with van der Waals surface area (Å²) < 4.78 is 0. The number of carbonyl (C=O) groups is 1. The minimum Gasteiger partial charge on any atom is -0.480 e. The molecule has 2 aromatic rings. The van der Waals surface area contributed by atoms with E-state index in [1.807, 2.05) is 38.1 Å². The summed E-state index contributed by atoms with van der Waals surface area (Å²) in [6.07, 6.45) is 0. The zero-order chi connectivity index (χ0) is 13.1. The van der Waals surface area contributed by atoms with E-state index in [9.17, 15) is 4.79 Å². The number of carboxylic acid groups (broad SMARTS) is 1. The molecule has 0 amide bonds. The van der Waals surface area contributed by atoms with Crippen molar-refractivity contribution < 1.29 is 9.90 Å². The van der Waals surface area contributed by atoms with Crippen molar-refractivity contribution in [1.82, 2.24) is 9.97 Å². The van der Waals surface area contributed by atoms with Crippen molar-refractivity contribution in [3.05, 3.63) is 30.0 Å². The van der Waals surface area contributed by atoms with Crippen LogP contribution in [0.2, 0.25) is 0 Å². The molecule has 0 unspecified atom stereocenters. The standard InChI is InChI=1S/C13H15N3O2/c1-3-16(8-12(17)18)13-9(2)14-10-6-4-5-7-11(10)15-13/h4-7H,3,8H2,1-2H3,(H,17,18). The summed E-state index contributed by atoms with van der Waals surface area (Å²) in [7, 11) is 0. The molecule has 18 heavy (non-hydrogen) atoms. The van der Waals surface area contributed by atoms with Crippen molar-refractivity contribution in [2.24, 2.45) is 0 Å². The highest BCUT2D eigenvalue weighted by Crippen LogP contribution is 2.19. The van der Waals surface area contributed by atoms with Crippen LogP contribution in [0.3, 0.4) is 0 Å². The van der Waals surface area contributed by atoms with Crippen LogP contribution in [-0.2, 0) is 4.79 Å². The van der Waals surface area contributed by atoms with Crippen molar-refractivity contribution in [3.8, 4) is 0 Å². The number of anilines is 1. The SMILES string of the molecule is CCN(CC(=O)O)c1nc2ccccc2nc1C. The topological polar surface area (TPSA) is 66.3 Å². The highest BCUT2D eigenvalue weighted by atomic mass is 16.4. The summed E-state index contributed by atoms with van der Waals surface area (Å²) in [4.78, 5) is 21.5. The first-order valence-electron chi connectivity index (χ1n) is 5.82. The summed E-state index contributed by atoms with van der Waals surface area (Å²) in [6.45, 7) is 4.27. The number of rotatable bonds is 4. The summed E-state index contributed by atoms with van der Waals surface area (Å²) in [5, 5.41) is 8.89. The molecule has 0 atom stereocenters. The molecule has 0 spiro atoms. The highest BCUT2D eigenvalue weighted by molar-refractivity contribution is 5.78. The molecule has 1 N–H and O–H groups in total. The fraction of sp³-hybridized carbons (Fsp3) is 0.308. The number of likely N-dealkylation sites (N-methyl/N-ethyl adjacent to an activating group) is 1. The van der Waals surface area contributed by atoms with Gasteiger partial charge in [-0.3, -0.25) is 4.79 Å². The van der Waals surface area contributed by atoms with E-state index < -0.39 is 5.97 Å². The average Bonchev–Trinajstić information content (AvgIpc) is 2.35. The minimum absolute atomic E-state index is 0.0651. The second-order valence-corrected chi connectivity index (χ2v) is 4.03. The van der Waals surface area contributed by atoms with Gasteiger partial charge in [0.05, 0.1) is 16.7 Å². The molecule has 0 bridgehead atoms. The maximum absolute atomic E-state index is 10.8. The molecule has 1 heterocycles. The monoisotopic (exact) mass is 245 g/mol. The van der Waals surface area contributed by atoms with Crippen molar-refractivity contribution >= 4 is 22.8 Å². The average molecular weight is 245 g/mol. The summed E-state index contributed by atoms with van der Waals surface area (Å²) in [6, 6.07) is 7.57. The number of aliphatic carboxylic acids is 1. The second-order valence-electron chi connectivity index (χ2n) is 4.03. The Morgan fingerprint density at radius 2 is 1.89 bits per heavy atom. The Labute approximate surface area is 105 Å². The number of benzene rings is 1. The fourth-order valence-corrected chi connectivity index (χ4v) is 1.88. The Kier molecular flexibility index (Phi) is 3.41.